The van der Waals surface area contributed by atoms with E-state index in [0.29, 0.717) is 0 Å². The van der Waals surface area contributed by atoms with Crippen molar-refractivity contribution in [1.29, 1.82) is 5.26 Å². The lowest BCUT2D eigenvalue weighted by Crippen LogP contribution is -2.33. The fourth-order valence-corrected chi connectivity index (χ4v) is 1.06. The molecule has 0 heterocycles. The highest BCUT2D eigenvalue weighted by Gasteiger charge is 2.28. The third kappa shape index (κ3) is 2.77. The first-order valence-corrected chi connectivity index (χ1v) is 4.38. The molecule has 0 aliphatic heterocycles. The molecule has 0 aromatic carbocycles. The minimum atomic E-state index is -1.53. The van der Waals surface area contributed by atoms with Gasteiger partial charge in [0.25, 0.3) is 0 Å². The Bertz CT molecular complexity index is 341. The second-order valence-corrected chi connectivity index (χ2v) is 2.86. The van der Waals surface area contributed by atoms with Gasteiger partial charge in [-0.05, 0) is 17.2 Å². The van der Waals surface area contributed by atoms with E-state index in [1.54, 1.807) is 6.07 Å². The number of hydrogen-bond donors (Lipinski definition) is 0. The molecule has 4 nitrogen and oxygen atoms in total. The fourth-order valence-electron chi connectivity index (χ4n) is 1.06. The van der Waals surface area contributed by atoms with E-state index < -0.39 is 5.97 Å². The van der Waals surface area contributed by atoms with Crippen molar-refractivity contribution in [2.45, 2.75) is 5.97 Å². The lowest BCUT2D eigenvalue weighted by molar-refractivity contribution is -0.312. The molecule has 0 spiro atoms. The van der Waals surface area contributed by atoms with Crippen LogP contribution in [0, 0.1) is 11.3 Å². The minimum Gasteiger partial charge on any atom is -0.319 e. The van der Waals surface area contributed by atoms with Gasteiger partial charge in [0.05, 0.1) is 0 Å². The summed E-state index contributed by atoms with van der Waals surface area (Å²) in [7, 11) is 3.99. The predicted octanol–water partition coefficient (Wildman–Crippen LogP) is 1.77. The number of ether oxygens (including phenoxy) is 3. The molecule has 0 radical (unpaired) electrons. The maximum absolute atomic E-state index is 8.35. The van der Waals surface area contributed by atoms with Crippen LogP contribution < -0.4 is 0 Å². The van der Waals surface area contributed by atoms with Gasteiger partial charge in [-0.2, -0.15) is 5.26 Å². The first-order valence-electron chi connectivity index (χ1n) is 4.38. The van der Waals surface area contributed by atoms with Gasteiger partial charge in [0.15, 0.2) is 6.07 Å². The Morgan fingerprint density at radius 2 is 1.53 bits per heavy atom. The summed E-state index contributed by atoms with van der Waals surface area (Å²) in [6.07, 6.45) is 0. The summed E-state index contributed by atoms with van der Waals surface area (Å²) in [5, 5.41) is 8.35. The summed E-state index contributed by atoms with van der Waals surface area (Å²) in [6.45, 7) is 0. The molecule has 0 bridgehead atoms. The van der Waals surface area contributed by atoms with E-state index in [9.17, 15) is 0 Å². The molecule has 0 atom stereocenters. The summed E-state index contributed by atoms with van der Waals surface area (Å²) in [5.41, 5.74) is 2.85. The van der Waals surface area contributed by atoms with Gasteiger partial charge in [0.1, 0.15) is 0 Å². The van der Waals surface area contributed by atoms with E-state index in [2.05, 4.69) is 38.5 Å². The molecule has 2 rings (SSSR count). The zero-order valence-corrected chi connectivity index (χ0v) is 8.98. The molecule has 2 aliphatic carbocycles. The Kier molecular flexibility index (Phi) is 3.81. The van der Waals surface area contributed by atoms with Crippen molar-refractivity contribution in [2.75, 3.05) is 21.3 Å². The Morgan fingerprint density at radius 1 is 1.07 bits per heavy atom. The first kappa shape index (κ1) is 11.7. The number of methoxy groups -OCH3 is 3. The van der Waals surface area contributed by atoms with Crippen LogP contribution in [0.25, 0.3) is 11.1 Å². The number of fused-ring (bicyclic) bond motifs is 1. The van der Waals surface area contributed by atoms with E-state index in [1.165, 1.54) is 32.5 Å². The van der Waals surface area contributed by atoms with Gasteiger partial charge in [-0.3, -0.25) is 0 Å². The number of nitriles is 1. The maximum Gasteiger partial charge on any atom is 0.378 e. The molecule has 15 heavy (non-hydrogen) atoms. The third-order valence-corrected chi connectivity index (χ3v) is 2.06. The highest BCUT2D eigenvalue weighted by Crippen LogP contribution is 2.32. The summed E-state index contributed by atoms with van der Waals surface area (Å²) >= 11 is 0. The monoisotopic (exact) mass is 207 g/mol. The second-order valence-electron chi connectivity index (χ2n) is 2.86. The lowest BCUT2D eigenvalue weighted by Gasteiger charge is -2.19. The average Bonchev–Trinajstić information content (AvgIpc) is 2.91. The van der Waals surface area contributed by atoms with Crippen molar-refractivity contribution in [3.05, 3.63) is 24.3 Å². The quantitative estimate of drug-likeness (QED) is 0.720. The average molecular weight is 207 g/mol. The first-order chi connectivity index (χ1) is 7.21. The van der Waals surface area contributed by atoms with E-state index >= 15 is 0 Å². The number of benzene rings is 1. The summed E-state index contributed by atoms with van der Waals surface area (Å²) < 4.78 is 13.7. The Hall–Kier alpha value is -1.41. The largest absolute Gasteiger partial charge is 0.378 e. The number of nitrogens with zero attached hydrogens (tertiary/aromatic N) is 1. The molecule has 0 saturated carbocycles. The Balaban J connectivity index is 0.000000158. The normalized spacial score (nSPS) is 11.1. The molecular formula is C11H13NO3. The lowest BCUT2D eigenvalue weighted by atomic mass is 10.6. The molecule has 0 unspecified atom stereocenters. The van der Waals surface area contributed by atoms with Crippen LogP contribution in [0.2, 0.25) is 0 Å². The van der Waals surface area contributed by atoms with Crippen LogP contribution >= 0.6 is 0 Å². The van der Waals surface area contributed by atoms with Crippen molar-refractivity contribution in [2.24, 2.45) is 0 Å². The molecule has 0 aromatic heterocycles. The summed E-state index contributed by atoms with van der Waals surface area (Å²) in [4.78, 5) is 0. The van der Waals surface area contributed by atoms with Gasteiger partial charge in [0.2, 0.25) is 0 Å². The van der Waals surface area contributed by atoms with Crippen LogP contribution in [0.3, 0.4) is 0 Å². The van der Waals surface area contributed by atoms with Gasteiger partial charge in [-0.25, -0.2) is 0 Å². The highest BCUT2D eigenvalue weighted by atomic mass is 16.9. The zero-order valence-electron chi connectivity index (χ0n) is 8.98. The SMILES string of the molecule is COC(C#N)(OC)OC.c1cc2cc-2c1. The molecular weight excluding hydrogens is 194 g/mol. The van der Waals surface area contributed by atoms with Crippen LogP contribution in [-0.4, -0.2) is 27.3 Å². The van der Waals surface area contributed by atoms with Crippen molar-refractivity contribution in [3.8, 4) is 17.2 Å². The molecule has 0 fully saturated rings. The molecule has 0 amide bonds. The maximum atomic E-state index is 8.35. The van der Waals surface area contributed by atoms with E-state index in [4.69, 9.17) is 5.26 Å². The van der Waals surface area contributed by atoms with Crippen LogP contribution in [0.15, 0.2) is 24.3 Å². The summed E-state index contributed by atoms with van der Waals surface area (Å²) in [5.74, 6) is -1.53. The Labute approximate surface area is 89.0 Å². The van der Waals surface area contributed by atoms with Crippen molar-refractivity contribution in [3.63, 3.8) is 0 Å². The Morgan fingerprint density at radius 3 is 1.60 bits per heavy atom. The van der Waals surface area contributed by atoms with Crippen molar-refractivity contribution < 1.29 is 14.2 Å². The smallest absolute Gasteiger partial charge is 0.319 e. The van der Waals surface area contributed by atoms with Gasteiger partial charge in [-0.1, -0.05) is 18.2 Å². The fraction of sp³-hybridized carbons (Fsp3) is 0.364. The number of rotatable bonds is 3. The van der Waals surface area contributed by atoms with Gasteiger partial charge in [-0.15, -0.1) is 0 Å². The summed E-state index contributed by atoms with van der Waals surface area (Å²) in [6, 6.07) is 10.2. The van der Waals surface area contributed by atoms with Crippen molar-refractivity contribution >= 4 is 0 Å². The van der Waals surface area contributed by atoms with Crippen LogP contribution in [0.4, 0.5) is 0 Å². The molecule has 2 aliphatic rings. The third-order valence-electron chi connectivity index (χ3n) is 2.06. The molecule has 0 N–H and O–H groups in total. The van der Waals surface area contributed by atoms with Gasteiger partial charge < -0.3 is 14.2 Å². The standard InChI is InChI=1S/C6H4.C5H9NO3/c1-2-5-4-6(5)3-1;1-7-5(4-6,8-2)9-3/h1-4H;1-3H3. The topological polar surface area (TPSA) is 51.5 Å². The molecule has 4 heteroatoms. The highest BCUT2D eigenvalue weighted by molar-refractivity contribution is 5.80. The van der Waals surface area contributed by atoms with E-state index in [0.717, 1.165) is 0 Å². The number of hydrogen-bond acceptors (Lipinski definition) is 4. The molecule has 0 saturated heterocycles. The predicted molar refractivity (Wildman–Crippen MR) is 54.8 cm³/mol. The van der Waals surface area contributed by atoms with Gasteiger partial charge in [0, 0.05) is 21.3 Å². The molecule has 80 valence electrons. The van der Waals surface area contributed by atoms with Crippen LogP contribution in [0.5, 0.6) is 0 Å². The van der Waals surface area contributed by atoms with Crippen molar-refractivity contribution in [1.82, 2.24) is 0 Å². The van der Waals surface area contributed by atoms with Gasteiger partial charge >= 0.3 is 5.97 Å². The molecule has 0 aromatic rings. The van der Waals surface area contributed by atoms with E-state index in [-0.39, 0.29) is 0 Å². The van der Waals surface area contributed by atoms with E-state index in [1.807, 2.05) is 0 Å². The second kappa shape index (κ2) is 4.89. The minimum absolute atomic E-state index is 1.33. The zero-order chi connectivity index (χ0) is 11.3. The van der Waals surface area contributed by atoms with Crippen LogP contribution in [0.1, 0.15) is 0 Å². The van der Waals surface area contributed by atoms with Crippen LogP contribution in [-0.2, 0) is 14.2 Å².